The molecule has 138 valence electrons. The number of nitrogens with one attached hydrogen (secondary N) is 1. The van der Waals surface area contributed by atoms with Gasteiger partial charge in [-0.3, -0.25) is 4.79 Å². The number of rotatable bonds is 4. The molecule has 0 fully saturated rings. The van der Waals surface area contributed by atoms with E-state index in [1.807, 2.05) is 0 Å². The summed E-state index contributed by atoms with van der Waals surface area (Å²) in [6, 6.07) is 3.84. The molecule has 1 heterocycles. The van der Waals surface area contributed by atoms with Gasteiger partial charge in [-0.25, -0.2) is 14.2 Å². The molecule has 2 aromatic rings. The second-order valence-corrected chi connectivity index (χ2v) is 6.06. The maximum Gasteiger partial charge on any atom is 0.417 e. The van der Waals surface area contributed by atoms with Gasteiger partial charge in [0.05, 0.1) is 16.1 Å². The number of halogens is 6. The molecule has 0 aliphatic rings. The quantitative estimate of drug-likeness (QED) is 0.546. The molecule has 0 aliphatic heterocycles. The molecule has 0 radical (unpaired) electrons. The van der Waals surface area contributed by atoms with E-state index in [0.717, 1.165) is 18.2 Å². The van der Waals surface area contributed by atoms with Gasteiger partial charge in [0, 0.05) is 10.7 Å². The van der Waals surface area contributed by atoms with Crippen LogP contribution in [0.3, 0.4) is 0 Å². The van der Waals surface area contributed by atoms with Crippen LogP contribution in [0.1, 0.15) is 15.9 Å². The van der Waals surface area contributed by atoms with Crippen molar-refractivity contribution in [1.82, 2.24) is 4.98 Å². The Morgan fingerprint density at radius 3 is 2.54 bits per heavy atom. The summed E-state index contributed by atoms with van der Waals surface area (Å²) in [5.41, 5.74) is -1.09. The van der Waals surface area contributed by atoms with E-state index < -0.39 is 41.1 Å². The zero-order chi connectivity index (χ0) is 19.5. The molecule has 1 N–H and O–H groups in total. The Morgan fingerprint density at radius 2 is 1.96 bits per heavy atom. The number of benzene rings is 1. The van der Waals surface area contributed by atoms with Crippen molar-refractivity contribution in [2.24, 2.45) is 0 Å². The first-order valence-electron chi connectivity index (χ1n) is 6.72. The number of esters is 1. The number of pyridine rings is 1. The fourth-order valence-corrected chi connectivity index (χ4v) is 2.44. The monoisotopic (exact) mass is 454 g/mol. The van der Waals surface area contributed by atoms with Crippen molar-refractivity contribution >= 4 is 45.2 Å². The largest absolute Gasteiger partial charge is 0.452 e. The van der Waals surface area contributed by atoms with Gasteiger partial charge < -0.3 is 10.1 Å². The summed E-state index contributed by atoms with van der Waals surface area (Å²) >= 11 is 8.63. The van der Waals surface area contributed by atoms with Crippen LogP contribution in [0.5, 0.6) is 0 Å². The number of hydrogen-bond acceptors (Lipinski definition) is 4. The van der Waals surface area contributed by atoms with Crippen LogP contribution >= 0.6 is 27.5 Å². The molecular formula is C15H8BrClF4N2O3. The zero-order valence-electron chi connectivity index (χ0n) is 12.5. The molecule has 0 aliphatic carbocycles. The van der Waals surface area contributed by atoms with Crippen LogP contribution in [-0.2, 0) is 15.7 Å². The van der Waals surface area contributed by atoms with E-state index in [4.69, 9.17) is 16.3 Å². The van der Waals surface area contributed by atoms with Gasteiger partial charge in [0.2, 0.25) is 0 Å². The molecule has 5 nitrogen and oxygen atoms in total. The highest BCUT2D eigenvalue weighted by molar-refractivity contribution is 9.10. The maximum atomic E-state index is 13.0. The van der Waals surface area contributed by atoms with Crippen molar-refractivity contribution in [2.75, 3.05) is 11.9 Å². The van der Waals surface area contributed by atoms with Crippen molar-refractivity contribution in [3.8, 4) is 0 Å². The number of alkyl halides is 3. The van der Waals surface area contributed by atoms with Crippen LogP contribution in [0.4, 0.5) is 23.4 Å². The van der Waals surface area contributed by atoms with Crippen molar-refractivity contribution in [2.45, 2.75) is 6.18 Å². The summed E-state index contributed by atoms with van der Waals surface area (Å²) in [5.74, 6) is -2.66. The van der Waals surface area contributed by atoms with E-state index >= 15 is 0 Å². The molecular weight excluding hydrogens is 448 g/mol. The fraction of sp³-hybridized carbons (Fsp3) is 0.133. The normalized spacial score (nSPS) is 11.2. The molecule has 0 saturated heterocycles. The van der Waals surface area contributed by atoms with Crippen LogP contribution in [0, 0.1) is 5.82 Å². The van der Waals surface area contributed by atoms with Gasteiger partial charge in [0.25, 0.3) is 5.91 Å². The Balaban J connectivity index is 1.98. The minimum Gasteiger partial charge on any atom is -0.452 e. The molecule has 1 aromatic carbocycles. The molecule has 0 saturated carbocycles. The Bertz CT molecular complexity index is 861. The van der Waals surface area contributed by atoms with Crippen molar-refractivity contribution in [1.29, 1.82) is 0 Å². The minimum atomic E-state index is -4.63. The highest BCUT2D eigenvalue weighted by Gasteiger charge is 2.31. The lowest BCUT2D eigenvalue weighted by molar-refractivity contribution is -0.137. The summed E-state index contributed by atoms with van der Waals surface area (Å²) in [4.78, 5) is 27.0. The average molecular weight is 456 g/mol. The van der Waals surface area contributed by atoms with Gasteiger partial charge in [-0.1, -0.05) is 11.6 Å². The Kier molecular flexibility index (Phi) is 6.19. The number of amides is 1. The van der Waals surface area contributed by atoms with Gasteiger partial charge in [-0.05, 0) is 40.2 Å². The maximum absolute atomic E-state index is 13.0. The number of nitrogens with zero attached hydrogens (tertiary/aromatic N) is 1. The number of ether oxygens (including phenoxy) is 1. The van der Waals surface area contributed by atoms with E-state index in [-0.39, 0.29) is 15.9 Å². The topological polar surface area (TPSA) is 68.3 Å². The van der Waals surface area contributed by atoms with Gasteiger partial charge >= 0.3 is 12.1 Å². The predicted molar refractivity (Wildman–Crippen MR) is 87.3 cm³/mol. The smallest absolute Gasteiger partial charge is 0.417 e. The molecule has 1 aromatic heterocycles. The third kappa shape index (κ3) is 5.15. The lowest BCUT2D eigenvalue weighted by atomic mass is 10.2. The zero-order valence-corrected chi connectivity index (χ0v) is 14.9. The summed E-state index contributed by atoms with van der Waals surface area (Å²) in [5, 5.41) is 1.69. The molecule has 0 bridgehead atoms. The first-order chi connectivity index (χ1) is 12.1. The molecule has 2 rings (SSSR count). The third-order valence-electron chi connectivity index (χ3n) is 2.91. The number of carbonyl (C=O) groups excluding carboxylic acids is 2. The van der Waals surface area contributed by atoms with Gasteiger partial charge in [-0.2, -0.15) is 13.2 Å². The Hall–Kier alpha value is -2.20. The SMILES string of the molecule is O=C(COC(=O)c1ccc(F)cc1Br)Nc1ncc(C(F)(F)F)cc1Cl. The van der Waals surface area contributed by atoms with Crippen molar-refractivity contribution in [3.05, 3.63) is 56.9 Å². The van der Waals surface area contributed by atoms with Crippen LogP contribution in [0.25, 0.3) is 0 Å². The Morgan fingerprint density at radius 1 is 1.27 bits per heavy atom. The summed E-state index contributed by atoms with van der Waals surface area (Å²) in [7, 11) is 0. The molecule has 0 atom stereocenters. The highest BCUT2D eigenvalue weighted by atomic mass is 79.9. The van der Waals surface area contributed by atoms with Crippen LogP contribution in [0.15, 0.2) is 34.9 Å². The number of hydrogen-bond donors (Lipinski definition) is 1. The molecule has 0 unspecified atom stereocenters. The number of aromatic nitrogens is 1. The summed E-state index contributed by atoms with van der Waals surface area (Å²) < 4.78 is 55.4. The summed E-state index contributed by atoms with van der Waals surface area (Å²) in [6.45, 7) is -0.748. The van der Waals surface area contributed by atoms with Gasteiger partial charge in [-0.15, -0.1) is 0 Å². The summed E-state index contributed by atoms with van der Waals surface area (Å²) in [6.07, 6.45) is -4.12. The van der Waals surface area contributed by atoms with E-state index in [2.05, 4.69) is 26.2 Å². The van der Waals surface area contributed by atoms with E-state index in [1.165, 1.54) is 0 Å². The lowest BCUT2D eigenvalue weighted by Crippen LogP contribution is -2.22. The first-order valence-corrected chi connectivity index (χ1v) is 7.90. The lowest BCUT2D eigenvalue weighted by Gasteiger charge is -2.10. The predicted octanol–water partition coefficient (Wildman–Crippen LogP) is 4.45. The second kappa shape index (κ2) is 8.00. The number of carbonyl (C=O) groups is 2. The average Bonchev–Trinajstić information content (AvgIpc) is 2.53. The molecule has 0 spiro atoms. The van der Waals surface area contributed by atoms with E-state index in [9.17, 15) is 27.2 Å². The highest BCUT2D eigenvalue weighted by Crippen LogP contribution is 2.32. The van der Waals surface area contributed by atoms with Gasteiger partial charge in [0.1, 0.15) is 5.82 Å². The molecule has 11 heteroatoms. The Labute approximate surface area is 157 Å². The number of anilines is 1. The standard InChI is InChI=1S/C15H8BrClF4N2O3/c16-10-4-8(18)1-2-9(10)14(25)26-6-12(24)23-13-11(17)3-7(5-22-13)15(19,20)21/h1-5H,6H2,(H,22,23,24). The van der Waals surface area contributed by atoms with Crippen LogP contribution in [0.2, 0.25) is 5.02 Å². The van der Waals surface area contributed by atoms with Crippen molar-refractivity contribution in [3.63, 3.8) is 0 Å². The first kappa shape index (κ1) is 20.1. The van der Waals surface area contributed by atoms with Crippen molar-refractivity contribution < 1.29 is 31.9 Å². The molecule has 1 amide bonds. The van der Waals surface area contributed by atoms with E-state index in [1.54, 1.807) is 0 Å². The van der Waals surface area contributed by atoms with Crippen LogP contribution in [-0.4, -0.2) is 23.5 Å². The minimum absolute atomic E-state index is 0.00936. The second-order valence-electron chi connectivity index (χ2n) is 4.80. The third-order valence-corrected chi connectivity index (χ3v) is 3.86. The van der Waals surface area contributed by atoms with Gasteiger partial charge in [0.15, 0.2) is 12.4 Å². The molecule has 26 heavy (non-hydrogen) atoms. The van der Waals surface area contributed by atoms with E-state index in [0.29, 0.717) is 12.3 Å². The van der Waals surface area contributed by atoms with Crippen LogP contribution < -0.4 is 5.32 Å². The fourth-order valence-electron chi connectivity index (χ4n) is 1.72.